The van der Waals surface area contributed by atoms with E-state index in [1.807, 2.05) is 30.3 Å². The number of hydrogen-bond acceptors (Lipinski definition) is 4. The minimum Gasteiger partial charge on any atom is -0.405 e. The van der Waals surface area contributed by atoms with Crippen molar-refractivity contribution in [2.45, 2.75) is 13.3 Å². The van der Waals surface area contributed by atoms with Crippen LogP contribution in [0.25, 0.3) is 0 Å². The van der Waals surface area contributed by atoms with E-state index >= 15 is 0 Å². The van der Waals surface area contributed by atoms with Gasteiger partial charge in [-0.2, -0.15) is 0 Å². The zero-order valence-corrected chi connectivity index (χ0v) is 13.1. The van der Waals surface area contributed by atoms with Gasteiger partial charge in [-0.1, -0.05) is 41.9 Å². The summed E-state index contributed by atoms with van der Waals surface area (Å²) in [6.45, 7) is 0.963. The third kappa shape index (κ3) is 7.64. The first-order valence-electron chi connectivity index (χ1n) is 6.47. The van der Waals surface area contributed by atoms with E-state index in [4.69, 9.17) is 11.6 Å². The minimum atomic E-state index is -4.92. The van der Waals surface area contributed by atoms with Crippen LogP contribution >= 0.6 is 11.6 Å². The minimum absolute atomic E-state index is 0.472. The normalized spacial score (nSPS) is 10.2. The zero-order valence-electron chi connectivity index (χ0n) is 12.3. The summed E-state index contributed by atoms with van der Waals surface area (Å²) in [6.07, 6.45) is -4.92. The standard InChI is InChI=1S/C10H7F3O4.C6H5Cl/c1-6(14)16-9(15)7-4-2-3-5-8(7)17-10(11,12)13;7-6-4-2-1-3-5-6/h2-5H,1H3;1-5H. The molecule has 24 heavy (non-hydrogen) atoms. The lowest BCUT2D eigenvalue weighted by Gasteiger charge is -2.11. The molecule has 0 atom stereocenters. The number of para-hydroxylation sites is 1. The van der Waals surface area contributed by atoms with Gasteiger partial charge in [-0.05, 0) is 24.3 Å². The molecule has 0 spiro atoms. The van der Waals surface area contributed by atoms with E-state index in [1.165, 1.54) is 12.1 Å². The van der Waals surface area contributed by atoms with Crippen LogP contribution in [-0.4, -0.2) is 18.3 Å². The molecule has 2 rings (SSSR count). The summed E-state index contributed by atoms with van der Waals surface area (Å²) in [4.78, 5) is 21.8. The molecular formula is C16H12ClF3O4. The fourth-order valence-corrected chi connectivity index (χ4v) is 1.59. The fraction of sp³-hybridized carbons (Fsp3) is 0.125. The Labute approximate surface area is 140 Å². The number of halogens is 4. The Morgan fingerprint density at radius 3 is 1.96 bits per heavy atom. The maximum absolute atomic E-state index is 12.0. The molecule has 0 heterocycles. The van der Waals surface area contributed by atoms with Crippen molar-refractivity contribution in [1.82, 2.24) is 0 Å². The van der Waals surface area contributed by atoms with Crippen LogP contribution in [0, 0.1) is 0 Å². The molecule has 0 radical (unpaired) electrons. The Hall–Kier alpha value is -2.54. The lowest BCUT2D eigenvalue weighted by molar-refractivity contribution is -0.274. The molecule has 0 aromatic heterocycles. The number of benzene rings is 2. The average molecular weight is 361 g/mol. The predicted molar refractivity (Wildman–Crippen MR) is 80.7 cm³/mol. The second-order valence-corrected chi connectivity index (χ2v) is 4.66. The largest absolute Gasteiger partial charge is 0.573 e. The maximum atomic E-state index is 12.0. The van der Waals surface area contributed by atoms with Gasteiger partial charge in [0.1, 0.15) is 11.3 Å². The highest BCUT2D eigenvalue weighted by atomic mass is 35.5. The van der Waals surface area contributed by atoms with Gasteiger partial charge in [0, 0.05) is 11.9 Å². The number of esters is 2. The number of rotatable bonds is 2. The second kappa shape index (κ2) is 8.93. The van der Waals surface area contributed by atoms with E-state index < -0.39 is 29.6 Å². The number of carbonyl (C=O) groups is 2. The van der Waals surface area contributed by atoms with Gasteiger partial charge in [-0.3, -0.25) is 4.79 Å². The number of carbonyl (C=O) groups excluding carboxylic acids is 2. The SMILES string of the molecule is CC(=O)OC(=O)c1ccccc1OC(F)(F)F.Clc1ccccc1. The van der Waals surface area contributed by atoms with Crippen molar-refractivity contribution in [3.63, 3.8) is 0 Å². The van der Waals surface area contributed by atoms with Gasteiger partial charge in [-0.15, -0.1) is 13.2 Å². The molecule has 0 amide bonds. The Balaban J connectivity index is 0.000000341. The van der Waals surface area contributed by atoms with Crippen molar-refractivity contribution < 1.29 is 32.2 Å². The molecule has 0 saturated carbocycles. The summed E-state index contributed by atoms with van der Waals surface area (Å²) < 4.78 is 43.8. The van der Waals surface area contributed by atoms with Gasteiger partial charge in [0.15, 0.2) is 0 Å². The Morgan fingerprint density at radius 1 is 0.958 bits per heavy atom. The first kappa shape index (κ1) is 19.5. The summed E-state index contributed by atoms with van der Waals surface area (Å²) in [6, 6.07) is 14.0. The van der Waals surface area contributed by atoms with Gasteiger partial charge < -0.3 is 9.47 Å². The van der Waals surface area contributed by atoms with Gasteiger partial charge in [0.2, 0.25) is 0 Å². The number of hydrogen-bond donors (Lipinski definition) is 0. The Morgan fingerprint density at radius 2 is 1.50 bits per heavy atom. The van der Waals surface area contributed by atoms with E-state index in [9.17, 15) is 22.8 Å². The Bertz CT molecular complexity index is 687. The summed E-state index contributed by atoms with van der Waals surface area (Å²) in [5.41, 5.74) is -0.472. The van der Waals surface area contributed by atoms with Crippen LogP contribution in [0.4, 0.5) is 13.2 Å². The smallest absolute Gasteiger partial charge is 0.405 e. The predicted octanol–water partition coefficient (Wildman–Crippen LogP) is 4.63. The van der Waals surface area contributed by atoms with E-state index in [-0.39, 0.29) is 0 Å². The summed E-state index contributed by atoms with van der Waals surface area (Å²) in [5, 5.41) is 0.794. The van der Waals surface area contributed by atoms with Crippen LogP contribution in [0.15, 0.2) is 54.6 Å². The molecule has 128 valence electrons. The van der Waals surface area contributed by atoms with Gasteiger partial charge in [-0.25, -0.2) is 4.79 Å². The van der Waals surface area contributed by atoms with Crippen LogP contribution < -0.4 is 4.74 Å². The topological polar surface area (TPSA) is 52.6 Å². The third-order valence-electron chi connectivity index (χ3n) is 2.30. The molecule has 2 aromatic carbocycles. The van der Waals surface area contributed by atoms with Crippen LogP contribution in [-0.2, 0) is 9.53 Å². The van der Waals surface area contributed by atoms with Crippen LogP contribution in [0.3, 0.4) is 0 Å². The molecular weight excluding hydrogens is 349 g/mol. The van der Waals surface area contributed by atoms with Crippen molar-refractivity contribution in [2.24, 2.45) is 0 Å². The molecule has 0 bridgehead atoms. The molecule has 0 unspecified atom stereocenters. The average Bonchev–Trinajstić information content (AvgIpc) is 2.47. The van der Waals surface area contributed by atoms with Gasteiger partial charge >= 0.3 is 18.3 Å². The monoisotopic (exact) mass is 360 g/mol. The van der Waals surface area contributed by atoms with Crippen molar-refractivity contribution in [3.8, 4) is 5.75 Å². The van der Waals surface area contributed by atoms with E-state index in [0.29, 0.717) is 0 Å². The summed E-state index contributed by atoms with van der Waals surface area (Å²) in [7, 11) is 0. The van der Waals surface area contributed by atoms with Gasteiger partial charge in [0.25, 0.3) is 0 Å². The lowest BCUT2D eigenvalue weighted by Crippen LogP contribution is -2.20. The molecule has 0 saturated heterocycles. The van der Waals surface area contributed by atoms with Crippen LogP contribution in [0.1, 0.15) is 17.3 Å². The summed E-state index contributed by atoms with van der Waals surface area (Å²) in [5.74, 6) is -2.83. The number of alkyl halides is 3. The summed E-state index contributed by atoms with van der Waals surface area (Å²) >= 11 is 5.54. The third-order valence-corrected chi connectivity index (χ3v) is 2.55. The van der Waals surface area contributed by atoms with Gasteiger partial charge in [0.05, 0.1) is 0 Å². The fourth-order valence-electron chi connectivity index (χ4n) is 1.45. The molecule has 0 fully saturated rings. The number of ether oxygens (including phenoxy) is 2. The molecule has 0 N–H and O–H groups in total. The second-order valence-electron chi connectivity index (χ2n) is 4.22. The van der Waals surface area contributed by atoms with Crippen LogP contribution in [0.2, 0.25) is 5.02 Å². The molecule has 0 aliphatic heterocycles. The first-order chi connectivity index (χ1) is 11.2. The van der Waals surface area contributed by atoms with Crippen LogP contribution in [0.5, 0.6) is 5.75 Å². The Kier molecular flexibility index (Phi) is 7.26. The molecule has 0 aliphatic rings. The molecule has 4 nitrogen and oxygen atoms in total. The molecule has 8 heteroatoms. The van der Waals surface area contributed by atoms with E-state index in [0.717, 1.165) is 24.1 Å². The van der Waals surface area contributed by atoms with E-state index in [2.05, 4.69) is 9.47 Å². The van der Waals surface area contributed by atoms with Crippen molar-refractivity contribution >= 4 is 23.5 Å². The highest BCUT2D eigenvalue weighted by Crippen LogP contribution is 2.26. The first-order valence-corrected chi connectivity index (χ1v) is 6.85. The van der Waals surface area contributed by atoms with Crippen molar-refractivity contribution in [3.05, 3.63) is 65.2 Å². The highest BCUT2D eigenvalue weighted by molar-refractivity contribution is 6.30. The van der Waals surface area contributed by atoms with Crippen molar-refractivity contribution in [2.75, 3.05) is 0 Å². The molecule has 2 aromatic rings. The highest BCUT2D eigenvalue weighted by Gasteiger charge is 2.33. The zero-order chi connectivity index (χ0) is 18.2. The lowest BCUT2D eigenvalue weighted by atomic mass is 10.2. The van der Waals surface area contributed by atoms with E-state index in [1.54, 1.807) is 0 Å². The quantitative estimate of drug-likeness (QED) is 0.579. The molecule has 0 aliphatic carbocycles. The van der Waals surface area contributed by atoms with Crippen molar-refractivity contribution in [1.29, 1.82) is 0 Å². The maximum Gasteiger partial charge on any atom is 0.573 e.